The molecule has 1 aliphatic carbocycles. The smallest absolute Gasteiger partial charge is 0.239 e. The van der Waals surface area contributed by atoms with Crippen molar-refractivity contribution in [1.82, 2.24) is 16.0 Å². The standard InChI is InChI=1S/C12H21N3O2/c1-8(9-4-2-3-5-9)15-12(17)10-6-14-11(16)7-13-10/h8-10,13H,2-7H2,1H3,(H,14,16)(H,15,17)/t8-,10?/m0/s1. The highest BCUT2D eigenvalue weighted by atomic mass is 16.2. The molecule has 5 heteroatoms. The first-order valence-corrected chi connectivity index (χ1v) is 6.47. The summed E-state index contributed by atoms with van der Waals surface area (Å²) >= 11 is 0. The number of amides is 2. The minimum atomic E-state index is -0.281. The summed E-state index contributed by atoms with van der Waals surface area (Å²) in [6, 6.07) is -0.0408. The van der Waals surface area contributed by atoms with Gasteiger partial charge in [0.2, 0.25) is 11.8 Å². The maximum Gasteiger partial charge on any atom is 0.239 e. The molecule has 2 fully saturated rings. The molecule has 0 bridgehead atoms. The molecule has 1 saturated carbocycles. The minimum Gasteiger partial charge on any atom is -0.353 e. The molecular formula is C12H21N3O2. The van der Waals surface area contributed by atoms with Crippen molar-refractivity contribution in [1.29, 1.82) is 0 Å². The van der Waals surface area contributed by atoms with Gasteiger partial charge in [-0.3, -0.25) is 14.9 Å². The van der Waals surface area contributed by atoms with E-state index in [1.807, 2.05) is 0 Å². The van der Waals surface area contributed by atoms with Crippen LogP contribution in [-0.4, -0.2) is 37.0 Å². The number of carbonyl (C=O) groups excluding carboxylic acids is 2. The molecule has 0 radical (unpaired) electrons. The fraction of sp³-hybridized carbons (Fsp3) is 0.833. The lowest BCUT2D eigenvalue weighted by molar-refractivity contribution is -0.127. The minimum absolute atomic E-state index is 0.00407. The van der Waals surface area contributed by atoms with Gasteiger partial charge in [-0.15, -0.1) is 0 Å². The van der Waals surface area contributed by atoms with E-state index in [9.17, 15) is 9.59 Å². The van der Waals surface area contributed by atoms with Crippen molar-refractivity contribution in [3.63, 3.8) is 0 Å². The number of carbonyl (C=O) groups is 2. The maximum absolute atomic E-state index is 11.9. The van der Waals surface area contributed by atoms with Crippen molar-refractivity contribution in [2.45, 2.75) is 44.7 Å². The predicted octanol–water partition coefficient (Wildman–Crippen LogP) is -0.231. The summed E-state index contributed by atoms with van der Waals surface area (Å²) in [6.07, 6.45) is 5.00. The average molecular weight is 239 g/mol. The second-order valence-corrected chi connectivity index (χ2v) is 5.08. The summed E-state index contributed by atoms with van der Waals surface area (Å²) in [4.78, 5) is 22.9. The molecule has 0 aromatic carbocycles. The first kappa shape index (κ1) is 12.4. The van der Waals surface area contributed by atoms with Crippen molar-refractivity contribution in [2.24, 2.45) is 5.92 Å². The summed E-state index contributed by atoms with van der Waals surface area (Å²) in [6.45, 7) is 2.70. The highest BCUT2D eigenvalue weighted by molar-refractivity contribution is 5.86. The highest BCUT2D eigenvalue weighted by Crippen LogP contribution is 2.27. The van der Waals surface area contributed by atoms with Crippen LogP contribution in [0.4, 0.5) is 0 Å². The first-order valence-electron chi connectivity index (χ1n) is 6.47. The first-order chi connectivity index (χ1) is 8.16. The van der Waals surface area contributed by atoms with E-state index in [1.54, 1.807) is 0 Å². The van der Waals surface area contributed by atoms with Gasteiger partial charge in [0.05, 0.1) is 6.54 Å². The van der Waals surface area contributed by atoms with E-state index in [0.29, 0.717) is 12.5 Å². The molecular weight excluding hydrogens is 218 g/mol. The summed E-state index contributed by atoms with van der Waals surface area (Å²) in [5.41, 5.74) is 0. The van der Waals surface area contributed by atoms with E-state index in [2.05, 4.69) is 22.9 Å². The molecule has 1 unspecified atom stereocenters. The van der Waals surface area contributed by atoms with Crippen LogP contribution in [0, 0.1) is 5.92 Å². The van der Waals surface area contributed by atoms with E-state index in [4.69, 9.17) is 0 Å². The van der Waals surface area contributed by atoms with Crippen LogP contribution in [0.5, 0.6) is 0 Å². The van der Waals surface area contributed by atoms with Gasteiger partial charge in [-0.1, -0.05) is 12.8 Å². The lowest BCUT2D eigenvalue weighted by Gasteiger charge is -2.27. The Hall–Kier alpha value is -1.10. The van der Waals surface area contributed by atoms with Gasteiger partial charge in [-0.05, 0) is 25.7 Å². The lowest BCUT2D eigenvalue weighted by atomic mass is 9.99. The van der Waals surface area contributed by atoms with Gasteiger partial charge in [-0.25, -0.2) is 0 Å². The van der Waals surface area contributed by atoms with Crippen molar-refractivity contribution in [3.05, 3.63) is 0 Å². The average Bonchev–Trinajstić information content (AvgIpc) is 2.83. The Balaban J connectivity index is 1.77. The molecule has 0 spiro atoms. The zero-order valence-electron chi connectivity index (χ0n) is 10.3. The van der Waals surface area contributed by atoms with Gasteiger partial charge in [0, 0.05) is 12.6 Å². The SMILES string of the molecule is C[C@H](NC(=O)C1CNC(=O)CN1)C1CCCC1. The molecule has 1 heterocycles. The van der Waals surface area contributed by atoms with Crippen molar-refractivity contribution >= 4 is 11.8 Å². The predicted molar refractivity (Wildman–Crippen MR) is 64.4 cm³/mol. The van der Waals surface area contributed by atoms with E-state index in [0.717, 1.165) is 0 Å². The monoisotopic (exact) mass is 239 g/mol. The van der Waals surface area contributed by atoms with Crippen molar-refractivity contribution in [2.75, 3.05) is 13.1 Å². The summed E-state index contributed by atoms with van der Waals surface area (Å²) in [5.74, 6) is 0.583. The van der Waals surface area contributed by atoms with E-state index in [1.165, 1.54) is 25.7 Å². The third-order valence-electron chi connectivity index (χ3n) is 3.81. The third-order valence-corrected chi connectivity index (χ3v) is 3.81. The number of hydrogen-bond donors (Lipinski definition) is 3. The Morgan fingerprint density at radius 2 is 2.12 bits per heavy atom. The van der Waals surface area contributed by atoms with Crippen LogP contribution >= 0.6 is 0 Å². The van der Waals surface area contributed by atoms with Crippen LogP contribution in [0.25, 0.3) is 0 Å². The maximum atomic E-state index is 11.9. The molecule has 0 aromatic heterocycles. The highest BCUT2D eigenvalue weighted by Gasteiger charge is 2.27. The summed E-state index contributed by atoms with van der Waals surface area (Å²) < 4.78 is 0. The number of piperazine rings is 1. The molecule has 0 aromatic rings. The van der Waals surface area contributed by atoms with Crippen LogP contribution in [0.3, 0.4) is 0 Å². The normalized spacial score (nSPS) is 27.6. The van der Waals surface area contributed by atoms with Crippen LogP contribution in [0.2, 0.25) is 0 Å². The Morgan fingerprint density at radius 1 is 1.41 bits per heavy atom. The molecule has 1 saturated heterocycles. The van der Waals surface area contributed by atoms with E-state index in [-0.39, 0.29) is 30.4 Å². The molecule has 5 nitrogen and oxygen atoms in total. The third kappa shape index (κ3) is 3.19. The quantitative estimate of drug-likeness (QED) is 0.637. The van der Waals surface area contributed by atoms with Gasteiger partial charge in [0.15, 0.2) is 0 Å². The van der Waals surface area contributed by atoms with Gasteiger partial charge >= 0.3 is 0 Å². The Kier molecular flexibility index (Phi) is 3.99. The Labute approximate surface area is 102 Å². The second kappa shape index (κ2) is 5.49. The molecule has 2 aliphatic rings. The van der Waals surface area contributed by atoms with Gasteiger partial charge in [0.1, 0.15) is 6.04 Å². The number of rotatable bonds is 3. The fourth-order valence-electron chi connectivity index (χ4n) is 2.65. The summed E-state index contributed by atoms with van der Waals surface area (Å²) in [7, 11) is 0. The van der Waals surface area contributed by atoms with E-state index < -0.39 is 0 Å². The Morgan fingerprint density at radius 3 is 2.71 bits per heavy atom. The van der Waals surface area contributed by atoms with Crippen LogP contribution in [0.1, 0.15) is 32.6 Å². The van der Waals surface area contributed by atoms with Crippen LogP contribution in [0.15, 0.2) is 0 Å². The number of hydrogen-bond acceptors (Lipinski definition) is 3. The zero-order valence-corrected chi connectivity index (χ0v) is 10.3. The second-order valence-electron chi connectivity index (χ2n) is 5.08. The van der Waals surface area contributed by atoms with Gasteiger partial charge < -0.3 is 10.6 Å². The topological polar surface area (TPSA) is 70.2 Å². The van der Waals surface area contributed by atoms with Crippen molar-refractivity contribution in [3.8, 4) is 0 Å². The Bertz CT molecular complexity index is 290. The molecule has 2 rings (SSSR count). The fourth-order valence-corrected chi connectivity index (χ4v) is 2.65. The zero-order chi connectivity index (χ0) is 12.3. The van der Waals surface area contributed by atoms with E-state index >= 15 is 0 Å². The molecule has 17 heavy (non-hydrogen) atoms. The largest absolute Gasteiger partial charge is 0.353 e. The van der Waals surface area contributed by atoms with Gasteiger partial charge in [0.25, 0.3) is 0 Å². The molecule has 3 N–H and O–H groups in total. The summed E-state index contributed by atoms with van der Waals surface area (Å²) in [5, 5.41) is 8.69. The number of nitrogens with one attached hydrogen (secondary N) is 3. The molecule has 2 amide bonds. The van der Waals surface area contributed by atoms with Crippen molar-refractivity contribution < 1.29 is 9.59 Å². The van der Waals surface area contributed by atoms with Crippen LogP contribution in [-0.2, 0) is 9.59 Å². The van der Waals surface area contributed by atoms with Crippen LogP contribution < -0.4 is 16.0 Å². The molecule has 2 atom stereocenters. The lowest BCUT2D eigenvalue weighted by Crippen LogP contribution is -2.59. The van der Waals surface area contributed by atoms with Gasteiger partial charge in [-0.2, -0.15) is 0 Å². The molecule has 96 valence electrons. The molecule has 1 aliphatic heterocycles.